The number of amides is 1. The van der Waals surface area contributed by atoms with Crippen molar-refractivity contribution in [1.29, 1.82) is 5.26 Å². The van der Waals surface area contributed by atoms with E-state index in [4.69, 9.17) is 9.47 Å². The number of nitrogens with one attached hydrogen (secondary N) is 1. The Hall–Kier alpha value is -4.20. The SMILES string of the molecule is CCOC(=O)c1nc(-c2ccc(C[C@@H](CCO)NC(=O)c3ccc(OC(C)C)c(C#N)c3)cc2)cn1CCO. The lowest BCUT2D eigenvalue weighted by molar-refractivity contribution is 0.0505. The lowest BCUT2D eigenvalue weighted by Crippen LogP contribution is -2.37. The van der Waals surface area contributed by atoms with Crippen molar-refractivity contribution in [3.8, 4) is 23.1 Å². The van der Waals surface area contributed by atoms with Crippen molar-refractivity contribution in [2.24, 2.45) is 0 Å². The second kappa shape index (κ2) is 14.1. The van der Waals surface area contributed by atoms with E-state index in [1.807, 2.05) is 38.1 Å². The molecule has 0 fully saturated rings. The molecule has 0 aliphatic carbocycles. The number of rotatable bonds is 13. The zero-order valence-corrected chi connectivity index (χ0v) is 22.4. The Kier molecular flexibility index (Phi) is 10.6. The topological polar surface area (TPSA) is 147 Å². The number of esters is 1. The maximum atomic E-state index is 12.9. The van der Waals surface area contributed by atoms with Gasteiger partial charge in [0.1, 0.15) is 11.8 Å². The third-order valence-corrected chi connectivity index (χ3v) is 5.84. The first-order valence-corrected chi connectivity index (χ1v) is 12.9. The first kappa shape index (κ1) is 29.4. The van der Waals surface area contributed by atoms with E-state index in [2.05, 4.69) is 16.4 Å². The molecule has 2 aromatic carbocycles. The van der Waals surface area contributed by atoms with Gasteiger partial charge in [-0.25, -0.2) is 9.78 Å². The van der Waals surface area contributed by atoms with Crippen molar-refractivity contribution < 1.29 is 29.3 Å². The summed E-state index contributed by atoms with van der Waals surface area (Å²) in [6.07, 6.45) is 2.41. The number of aliphatic hydroxyl groups excluding tert-OH is 2. The monoisotopic (exact) mass is 534 g/mol. The van der Waals surface area contributed by atoms with Crippen LogP contribution in [0.4, 0.5) is 0 Å². The number of imidazole rings is 1. The molecule has 1 atom stereocenters. The molecule has 0 aliphatic heterocycles. The van der Waals surface area contributed by atoms with Gasteiger partial charge >= 0.3 is 5.97 Å². The van der Waals surface area contributed by atoms with E-state index in [1.165, 1.54) is 6.07 Å². The fourth-order valence-electron chi connectivity index (χ4n) is 4.05. The van der Waals surface area contributed by atoms with E-state index in [0.717, 1.165) is 11.1 Å². The summed E-state index contributed by atoms with van der Waals surface area (Å²) in [5.41, 5.74) is 2.87. The molecular formula is C29H34N4O6. The van der Waals surface area contributed by atoms with E-state index in [-0.39, 0.29) is 55.8 Å². The van der Waals surface area contributed by atoms with E-state index < -0.39 is 5.97 Å². The molecule has 3 rings (SSSR count). The zero-order valence-electron chi connectivity index (χ0n) is 22.4. The number of aliphatic hydroxyl groups is 2. The summed E-state index contributed by atoms with van der Waals surface area (Å²) in [6, 6.07) is 14.0. The van der Waals surface area contributed by atoms with Crippen molar-refractivity contribution in [3.63, 3.8) is 0 Å². The van der Waals surface area contributed by atoms with Crippen LogP contribution >= 0.6 is 0 Å². The van der Waals surface area contributed by atoms with Gasteiger partial charge in [-0.15, -0.1) is 0 Å². The molecule has 39 heavy (non-hydrogen) atoms. The smallest absolute Gasteiger partial charge is 0.374 e. The average Bonchev–Trinajstić information content (AvgIpc) is 3.33. The molecule has 1 aromatic heterocycles. The third kappa shape index (κ3) is 7.89. The molecule has 0 bridgehead atoms. The van der Waals surface area contributed by atoms with Gasteiger partial charge in [0.05, 0.1) is 30.6 Å². The fourth-order valence-corrected chi connectivity index (χ4v) is 4.05. The Labute approximate surface area is 227 Å². The third-order valence-electron chi connectivity index (χ3n) is 5.84. The van der Waals surface area contributed by atoms with Crippen LogP contribution in [0.1, 0.15) is 59.3 Å². The summed E-state index contributed by atoms with van der Waals surface area (Å²) in [4.78, 5) is 29.6. The normalized spacial score (nSPS) is 11.6. The molecule has 1 heterocycles. The van der Waals surface area contributed by atoms with Crippen molar-refractivity contribution >= 4 is 11.9 Å². The second-order valence-corrected chi connectivity index (χ2v) is 9.16. The number of hydrogen-bond acceptors (Lipinski definition) is 8. The molecule has 3 aromatic rings. The summed E-state index contributed by atoms with van der Waals surface area (Å²) in [5.74, 6) is -0.357. The molecule has 0 saturated carbocycles. The van der Waals surface area contributed by atoms with Crippen molar-refractivity contribution in [3.05, 3.63) is 71.2 Å². The summed E-state index contributed by atoms with van der Waals surface area (Å²) < 4.78 is 12.3. The van der Waals surface area contributed by atoms with Gasteiger partial charge in [-0.3, -0.25) is 4.79 Å². The number of carbonyl (C=O) groups excluding carboxylic acids is 2. The van der Waals surface area contributed by atoms with Gasteiger partial charge in [0.15, 0.2) is 0 Å². The molecule has 0 spiro atoms. The Morgan fingerprint density at radius 2 is 1.87 bits per heavy atom. The number of hydrogen-bond donors (Lipinski definition) is 3. The minimum absolute atomic E-state index is 0.104. The highest BCUT2D eigenvalue weighted by molar-refractivity contribution is 5.95. The standard InChI is InChI=1S/C29H34N4O6/c1-4-38-29(37)27-32-25(18-33(27)12-14-35)21-7-5-20(6-8-21)15-24(11-13-34)31-28(36)22-9-10-26(39-19(2)3)23(16-22)17-30/h5-10,16,18-19,24,34-35H,4,11-15H2,1-3H3,(H,31,36)/t24-/m1/s1. The first-order chi connectivity index (χ1) is 18.8. The maximum absolute atomic E-state index is 12.9. The van der Waals surface area contributed by atoms with Crippen LogP contribution in [0, 0.1) is 11.3 Å². The van der Waals surface area contributed by atoms with Gasteiger partial charge in [0, 0.05) is 36.5 Å². The summed E-state index contributed by atoms with van der Waals surface area (Å²) in [7, 11) is 0. The van der Waals surface area contributed by atoms with E-state index in [9.17, 15) is 25.1 Å². The largest absolute Gasteiger partial charge is 0.490 e. The summed E-state index contributed by atoms with van der Waals surface area (Å²) in [6.45, 7) is 5.62. The quantitative estimate of drug-likeness (QED) is 0.284. The van der Waals surface area contributed by atoms with Crippen LogP contribution in [0.25, 0.3) is 11.3 Å². The lowest BCUT2D eigenvalue weighted by Gasteiger charge is -2.19. The lowest BCUT2D eigenvalue weighted by atomic mass is 10.0. The van der Waals surface area contributed by atoms with Gasteiger partial charge in [-0.1, -0.05) is 24.3 Å². The predicted octanol–water partition coefficient (Wildman–Crippen LogP) is 3.10. The Bertz CT molecular complexity index is 1310. The molecule has 0 saturated heterocycles. The van der Waals surface area contributed by atoms with E-state index >= 15 is 0 Å². The summed E-state index contributed by atoms with van der Waals surface area (Å²) in [5, 5.41) is 31.3. The van der Waals surface area contributed by atoms with Gasteiger partial charge in [0.25, 0.3) is 5.91 Å². The van der Waals surface area contributed by atoms with Crippen molar-refractivity contribution in [1.82, 2.24) is 14.9 Å². The molecule has 10 heteroatoms. The van der Waals surface area contributed by atoms with Crippen LogP contribution in [-0.4, -0.2) is 63.6 Å². The van der Waals surface area contributed by atoms with Crippen LogP contribution in [0.15, 0.2) is 48.7 Å². The highest BCUT2D eigenvalue weighted by Gasteiger charge is 2.19. The summed E-state index contributed by atoms with van der Waals surface area (Å²) >= 11 is 0. The minimum atomic E-state index is -0.555. The molecule has 0 radical (unpaired) electrons. The number of carbonyl (C=O) groups is 2. The van der Waals surface area contributed by atoms with Gasteiger partial charge in [-0.05, 0) is 57.4 Å². The second-order valence-electron chi connectivity index (χ2n) is 9.16. The maximum Gasteiger partial charge on any atom is 0.374 e. The highest BCUT2D eigenvalue weighted by Crippen LogP contribution is 2.22. The zero-order chi connectivity index (χ0) is 28.4. The molecule has 0 aliphatic rings. The number of ether oxygens (including phenoxy) is 2. The van der Waals surface area contributed by atoms with Crippen LogP contribution < -0.4 is 10.1 Å². The Balaban J connectivity index is 1.73. The predicted molar refractivity (Wildman–Crippen MR) is 144 cm³/mol. The van der Waals surface area contributed by atoms with Gasteiger partial charge < -0.3 is 29.6 Å². The van der Waals surface area contributed by atoms with E-state index in [1.54, 1.807) is 29.8 Å². The van der Waals surface area contributed by atoms with Gasteiger partial charge in [0.2, 0.25) is 5.82 Å². The molecule has 10 nitrogen and oxygen atoms in total. The van der Waals surface area contributed by atoms with Gasteiger partial charge in [-0.2, -0.15) is 5.26 Å². The molecule has 0 unspecified atom stereocenters. The van der Waals surface area contributed by atoms with Crippen molar-refractivity contribution in [2.45, 2.75) is 52.3 Å². The van der Waals surface area contributed by atoms with Crippen LogP contribution in [0.3, 0.4) is 0 Å². The molecule has 1 amide bonds. The molecular weight excluding hydrogens is 500 g/mol. The number of nitriles is 1. The van der Waals surface area contributed by atoms with Crippen LogP contribution in [0.5, 0.6) is 5.75 Å². The van der Waals surface area contributed by atoms with Crippen molar-refractivity contribution in [2.75, 3.05) is 19.8 Å². The fraction of sp³-hybridized carbons (Fsp3) is 0.379. The highest BCUT2D eigenvalue weighted by atomic mass is 16.5. The Morgan fingerprint density at radius 1 is 1.13 bits per heavy atom. The number of benzene rings is 2. The molecule has 3 N–H and O–H groups in total. The average molecular weight is 535 g/mol. The Morgan fingerprint density at radius 3 is 2.49 bits per heavy atom. The first-order valence-electron chi connectivity index (χ1n) is 12.9. The van der Waals surface area contributed by atoms with Crippen LogP contribution in [-0.2, 0) is 17.7 Å². The minimum Gasteiger partial charge on any atom is -0.490 e. The number of nitrogens with zero attached hydrogens (tertiary/aromatic N) is 3. The van der Waals surface area contributed by atoms with E-state index in [0.29, 0.717) is 29.8 Å². The molecule has 206 valence electrons. The van der Waals surface area contributed by atoms with Crippen LogP contribution in [0.2, 0.25) is 0 Å². The number of aromatic nitrogens is 2.